The van der Waals surface area contributed by atoms with Gasteiger partial charge < -0.3 is 25.0 Å². The van der Waals surface area contributed by atoms with E-state index < -0.39 is 0 Å². The number of nitrogens with zero attached hydrogens (tertiary/aromatic N) is 8. The van der Waals surface area contributed by atoms with E-state index in [0.29, 0.717) is 39.9 Å². The van der Waals surface area contributed by atoms with Gasteiger partial charge in [0.05, 0.1) is 6.20 Å². The number of fused-ring (bicyclic) bond motifs is 1. The van der Waals surface area contributed by atoms with Crippen molar-refractivity contribution in [3.63, 3.8) is 0 Å². The molecule has 12 nitrogen and oxygen atoms in total. The second kappa shape index (κ2) is 12.8. The lowest BCUT2D eigenvalue weighted by Crippen LogP contribution is -2.47. The predicted molar refractivity (Wildman–Crippen MR) is 172 cm³/mol. The average Bonchev–Trinajstić information content (AvgIpc) is 3.71. The van der Waals surface area contributed by atoms with Gasteiger partial charge in [-0.05, 0) is 70.1 Å². The van der Waals surface area contributed by atoms with Crippen LogP contribution in [-0.2, 0) is 5.41 Å². The van der Waals surface area contributed by atoms with Crippen molar-refractivity contribution in [1.29, 1.82) is 0 Å². The smallest absolute Gasteiger partial charge is 0.256 e. The van der Waals surface area contributed by atoms with Gasteiger partial charge in [-0.2, -0.15) is 0 Å². The number of carbonyl (C=O) groups excluding carboxylic acids is 1. The number of carbonyl (C=O) groups is 1. The first kappa shape index (κ1) is 29.9. The fourth-order valence-corrected chi connectivity index (χ4v) is 5.69. The Morgan fingerprint density at radius 3 is 2.43 bits per heavy atom. The summed E-state index contributed by atoms with van der Waals surface area (Å²) >= 11 is 0. The molecule has 0 atom stereocenters. The van der Waals surface area contributed by atoms with Gasteiger partial charge >= 0.3 is 0 Å². The molecule has 232 valence electrons. The van der Waals surface area contributed by atoms with E-state index in [1.807, 2.05) is 33.8 Å². The molecule has 0 unspecified atom stereocenters. The Morgan fingerprint density at radius 2 is 1.70 bits per heavy atom. The molecule has 3 aromatic heterocycles. The molecule has 0 saturated carbocycles. The summed E-state index contributed by atoms with van der Waals surface area (Å²) in [5, 5.41) is 10.2. The summed E-state index contributed by atoms with van der Waals surface area (Å²) in [5.74, 6) is 2.04. The number of hydrogen-bond acceptors (Lipinski definition) is 11. The SMILES string of the molecule is Cc1ccc(C(=O)Nc2cc(C(C)(C)C)on2)cc1Nc1ncnc2cnc(N3CCN(CCCN4CCCC4)CC3)nc12. The van der Waals surface area contributed by atoms with Crippen LogP contribution in [0.2, 0.25) is 0 Å². The van der Waals surface area contributed by atoms with E-state index in [-0.39, 0.29) is 11.3 Å². The predicted octanol–water partition coefficient (Wildman–Crippen LogP) is 4.62. The number of aromatic nitrogens is 5. The van der Waals surface area contributed by atoms with Crippen LogP contribution < -0.4 is 15.5 Å². The van der Waals surface area contributed by atoms with Gasteiger partial charge in [0, 0.05) is 48.9 Å². The molecule has 0 spiro atoms. The highest BCUT2D eigenvalue weighted by atomic mass is 16.5. The molecule has 0 bridgehead atoms. The van der Waals surface area contributed by atoms with E-state index in [4.69, 9.17) is 9.51 Å². The third kappa shape index (κ3) is 6.97. The van der Waals surface area contributed by atoms with Crippen LogP contribution in [0.5, 0.6) is 0 Å². The van der Waals surface area contributed by atoms with Crippen molar-refractivity contribution >= 4 is 40.2 Å². The van der Waals surface area contributed by atoms with Gasteiger partial charge in [0.15, 0.2) is 11.6 Å². The quantitative estimate of drug-likeness (QED) is 0.280. The first-order valence-electron chi connectivity index (χ1n) is 15.6. The Balaban J connectivity index is 1.12. The lowest BCUT2D eigenvalue weighted by atomic mass is 9.93. The Bertz CT molecular complexity index is 1600. The summed E-state index contributed by atoms with van der Waals surface area (Å²) in [7, 11) is 0. The first-order valence-corrected chi connectivity index (χ1v) is 15.6. The Morgan fingerprint density at radius 1 is 0.955 bits per heavy atom. The summed E-state index contributed by atoms with van der Waals surface area (Å²) in [6, 6.07) is 7.24. The molecular formula is C32H42N10O2. The number of rotatable bonds is 9. The first-order chi connectivity index (χ1) is 21.2. The van der Waals surface area contributed by atoms with Crippen molar-refractivity contribution in [2.75, 3.05) is 67.9 Å². The summed E-state index contributed by atoms with van der Waals surface area (Å²) in [5.41, 5.74) is 3.26. The molecule has 44 heavy (non-hydrogen) atoms. The van der Waals surface area contributed by atoms with E-state index in [1.165, 1.54) is 45.2 Å². The topological polar surface area (TPSA) is 128 Å². The normalized spacial score (nSPS) is 16.5. The van der Waals surface area contributed by atoms with Crippen LogP contribution >= 0.6 is 0 Å². The number of nitrogens with one attached hydrogen (secondary N) is 2. The van der Waals surface area contributed by atoms with E-state index in [0.717, 1.165) is 44.0 Å². The maximum atomic E-state index is 13.1. The maximum absolute atomic E-state index is 13.1. The zero-order valence-electron chi connectivity index (χ0n) is 26.1. The lowest BCUT2D eigenvalue weighted by molar-refractivity contribution is 0.102. The second-order valence-electron chi connectivity index (χ2n) is 12.8. The molecule has 2 N–H and O–H groups in total. The number of piperazine rings is 1. The monoisotopic (exact) mass is 598 g/mol. The van der Waals surface area contributed by atoms with Crippen molar-refractivity contribution in [3.05, 3.63) is 53.7 Å². The van der Waals surface area contributed by atoms with Crippen LogP contribution in [0.3, 0.4) is 0 Å². The van der Waals surface area contributed by atoms with E-state index >= 15 is 0 Å². The Labute approximate surface area is 258 Å². The van der Waals surface area contributed by atoms with Gasteiger partial charge in [-0.3, -0.25) is 9.69 Å². The summed E-state index contributed by atoms with van der Waals surface area (Å²) in [6.07, 6.45) is 7.17. The molecule has 2 aliphatic rings. The van der Waals surface area contributed by atoms with Crippen LogP contribution in [0.25, 0.3) is 11.0 Å². The number of amides is 1. The summed E-state index contributed by atoms with van der Waals surface area (Å²) < 4.78 is 5.41. The van der Waals surface area contributed by atoms with Crippen LogP contribution in [0, 0.1) is 6.92 Å². The highest BCUT2D eigenvalue weighted by molar-refractivity contribution is 6.04. The van der Waals surface area contributed by atoms with Crippen molar-refractivity contribution in [1.82, 2.24) is 34.9 Å². The largest absolute Gasteiger partial charge is 0.359 e. The Hall–Kier alpha value is -4.16. The molecule has 1 amide bonds. The minimum Gasteiger partial charge on any atom is -0.359 e. The lowest BCUT2D eigenvalue weighted by Gasteiger charge is -2.35. The highest BCUT2D eigenvalue weighted by Gasteiger charge is 2.22. The number of benzene rings is 1. The van der Waals surface area contributed by atoms with Crippen LogP contribution in [0.15, 0.2) is 41.3 Å². The molecule has 0 aliphatic carbocycles. The molecule has 2 saturated heterocycles. The van der Waals surface area contributed by atoms with Crippen molar-refractivity contribution in [2.45, 2.75) is 52.4 Å². The average molecular weight is 599 g/mol. The third-order valence-electron chi connectivity index (χ3n) is 8.41. The highest BCUT2D eigenvalue weighted by Crippen LogP contribution is 2.27. The van der Waals surface area contributed by atoms with Gasteiger partial charge in [-0.1, -0.05) is 32.0 Å². The molecule has 4 aromatic rings. The number of anilines is 4. The molecular weight excluding hydrogens is 556 g/mol. The molecule has 6 rings (SSSR count). The van der Waals surface area contributed by atoms with Crippen LogP contribution in [0.4, 0.5) is 23.3 Å². The zero-order valence-corrected chi connectivity index (χ0v) is 26.1. The van der Waals surface area contributed by atoms with Gasteiger partial charge in [-0.25, -0.2) is 19.9 Å². The van der Waals surface area contributed by atoms with Crippen LogP contribution in [0.1, 0.15) is 61.7 Å². The minimum atomic E-state index is -0.283. The summed E-state index contributed by atoms with van der Waals surface area (Å²) in [6.45, 7) is 16.7. The third-order valence-corrected chi connectivity index (χ3v) is 8.41. The van der Waals surface area contributed by atoms with Crippen molar-refractivity contribution < 1.29 is 9.32 Å². The summed E-state index contributed by atoms with van der Waals surface area (Å²) in [4.78, 5) is 38.9. The molecule has 2 aliphatic heterocycles. The van der Waals surface area contributed by atoms with Gasteiger partial charge in [-0.15, -0.1) is 0 Å². The number of aryl methyl sites for hydroxylation is 1. The van der Waals surface area contributed by atoms with Crippen molar-refractivity contribution in [3.8, 4) is 0 Å². The molecule has 12 heteroatoms. The zero-order chi connectivity index (χ0) is 30.7. The molecule has 2 fully saturated rings. The molecule has 0 radical (unpaired) electrons. The fourth-order valence-electron chi connectivity index (χ4n) is 5.69. The maximum Gasteiger partial charge on any atom is 0.256 e. The van der Waals surface area contributed by atoms with Gasteiger partial charge in [0.1, 0.15) is 23.1 Å². The minimum absolute atomic E-state index is 0.207. The van der Waals surface area contributed by atoms with Gasteiger partial charge in [0.25, 0.3) is 5.91 Å². The van der Waals surface area contributed by atoms with Crippen LogP contribution in [-0.4, -0.2) is 93.2 Å². The number of hydrogen-bond donors (Lipinski definition) is 2. The molecule has 5 heterocycles. The van der Waals surface area contributed by atoms with E-state index in [9.17, 15) is 4.79 Å². The fraction of sp³-hybridized carbons (Fsp3) is 0.500. The van der Waals surface area contributed by atoms with Gasteiger partial charge in [0.2, 0.25) is 5.95 Å². The molecule has 1 aromatic carbocycles. The number of likely N-dealkylation sites (tertiary alicyclic amines) is 1. The van der Waals surface area contributed by atoms with E-state index in [1.54, 1.807) is 24.4 Å². The second-order valence-corrected chi connectivity index (χ2v) is 12.8. The van der Waals surface area contributed by atoms with E-state index in [2.05, 4.69) is 45.4 Å². The Kier molecular flexibility index (Phi) is 8.72. The van der Waals surface area contributed by atoms with Crippen molar-refractivity contribution in [2.24, 2.45) is 0 Å². The standard InChI is InChI=1S/C32H42N10O2/c1-22-8-9-23(30(43)37-27-19-26(44-39-27)32(2,3)4)18-24(22)36-29-28-25(34-21-35-29)20-33-31(38-28)42-16-14-41(15-17-42)13-7-12-40-10-5-6-11-40/h8-9,18-21H,5-7,10-17H2,1-4H3,(H,34,35,36)(H,37,39,43).